The molecule has 7 heteroatoms. The molecule has 1 amide bonds. The zero-order valence-corrected chi connectivity index (χ0v) is 13.9. The highest BCUT2D eigenvalue weighted by Gasteiger charge is 2.15. The molecule has 0 atom stereocenters. The zero-order chi connectivity index (χ0) is 17.8. The van der Waals surface area contributed by atoms with Crippen LogP contribution in [0.25, 0.3) is 5.69 Å². The first kappa shape index (κ1) is 16.6. The molecule has 128 valence electrons. The lowest BCUT2D eigenvalue weighted by molar-refractivity contribution is 0.0950. The minimum atomic E-state index is -0.320. The van der Waals surface area contributed by atoms with Crippen LogP contribution in [-0.2, 0) is 6.54 Å². The molecule has 2 heterocycles. The molecule has 0 saturated carbocycles. The SMILES string of the molecule is COc1ccc(CNC(=O)c2cnn(-c3ccc(F)cc3)c2C)cn1. The Balaban J connectivity index is 1.71. The van der Waals surface area contributed by atoms with Gasteiger partial charge >= 0.3 is 0 Å². The van der Waals surface area contributed by atoms with Gasteiger partial charge in [-0.3, -0.25) is 4.79 Å². The number of carbonyl (C=O) groups excluding carboxylic acids is 1. The van der Waals surface area contributed by atoms with Crippen molar-refractivity contribution in [3.63, 3.8) is 0 Å². The van der Waals surface area contributed by atoms with Crippen LogP contribution in [0.15, 0.2) is 48.8 Å². The molecule has 0 unspecified atom stereocenters. The molecule has 0 bridgehead atoms. The summed E-state index contributed by atoms with van der Waals surface area (Å²) in [5, 5.41) is 7.05. The smallest absolute Gasteiger partial charge is 0.255 e. The van der Waals surface area contributed by atoms with Gasteiger partial charge < -0.3 is 10.1 Å². The van der Waals surface area contributed by atoms with Gasteiger partial charge in [-0.1, -0.05) is 6.07 Å². The molecule has 6 nitrogen and oxygen atoms in total. The van der Waals surface area contributed by atoms with E-state index in [1.165, 1.54) is 18.3 Å². The molecule has 0 radical (unpaired) electrons. The van der Waals surface area contributed by atoms with Crippen molar-refractivity contribution in [2.45, 2.75) is 13.5 Å². The molecule has 2 aromatic heterocycles. The number of aromatic nitrogens is 3. The Morgan fingerprint density at radius 3 is 2.60 bits per heavy atom. The lowest BCUT2D eigenvalue weighted by Crippen LogP contribution is -2.23. The maximum absolute atomic E-state index is 13.0. The maximum Gasteiger partial charge on any atom is 0.255 e. The monoisotopic (exact) mass is 340 g/mol. The molecule has 25 heavy (non-hydrogen) atoms. The summed E-state index contributed by atoms with van der Waals surface area (Å²) in [7, 11) is 1.55. The molecule has 0 spiro atoms. The number of amides is 1. The fourth-order valence-corrected chi connectivity index (χ4v) is 2.39. The van der Waals surface area contributed by atoms with Gasteiger partial charge in [0, 0.05) is 18.8 Å². The quantitative estimate of drug-likeness (QED) is 0.775. The number of hydrogen-bond donors (Lipinski definition) is 1. The van der Waals surface area contributed by atoms with Gasteiger partial charge in [0.05, 0.1) is 30.3 Å². The Morgan fingerprint density at radius 2 is 1.96 bits per heavy atom. The number of nitrogens with one attached hydrogen (secondary N) is 1. The maximum atomic E-state index is 13.0. The van der Waals surface area contributed by atoms with Crippen molar-refractivity contribution in [2.75, 3.05) is 7.11 Å². The van der Waals surface area contributed by atoms with Crippen LogP contribution >= 0.6 is 0 Å². The zero-order valence-electron chi connectivity index (χ0n) is 13.9. The van der Waals surface area contributed by atoms with E-state index >= 15 is 0 Å². The Labute approximate surface area is 144 Å². The molecule has 3 aromatic rings. The van der Waals surface area contributed by atoms with Crippen LogP contribution in [0.4, 0.5) is 4.39 Å². The van der Waals surface area contributed by atoms with E-state index in [1.807, 2.05) is 6.07 Å². The number of ether oxygens (including phenoxy) is 1. The van der Waals surface area contributed by atoms with E-state index < -0.39 is 0 Å². The molecule has 3 rings (SSSR count). The van der Waals surface area contributed by atoms with Crippen LogP contribution in [0.1, 0.15) is 21.6 Å². The topological polar surface area (TPSA) is 69.0 Å². The number of pyridine rings is 1. The summed E-state index contributed by atoms with van der Waals surface area (Å²) in [4.78, 5) is 16.5. The van der Waals surface area contributed by atoms with Crippen molar-refractivity contribution in [1.82, 2.24) is 20.1 Å². The molecule has 1 aromatic carbocycles. The summed E-state index contributed by atoms with van der Waals surface area (Å²) >= 11 is 0. The molecule has 0 fully saturated rings. The van der Waals surface area contributed by atoms with Crippen molar-refractivity contribution in [3.8, 4) is 11.6 Å². The standard InChI is InChI=1S/C18H17FN4O2/c1-12-16(11-22-23(12)15-6-4-14(19)5-7-15)18(24)21-10-13-3-8-17(25-2)20-9-13/h3-9,11H,10H2,1-2H3,(H,21,24). The van der Waals surface area contributed by atoms with Gasteiger partial charge in [0.15, 0.2) is 0 Å². The highest BCUT2D eigenvalue weighted by molar-refractivity contribution is 5.95. The first-order valence-electron chi connectivity index (χ1n) is 7.66. The van der Waals surface area contributed by atoms with Gasteiger partial charge in [-0.25, -0.2) is 14.1 Å². The number of carbonyl (C=O) groups is 1. The third-order valence-electron chi connectivity index (χ3n) is 3.79. The second-order valence-corrected chi connectivity index (χ2v) is 5.42. The van der Waals surface area contributed by atoms with Crippen LogP contribution in [0.2, 0.25) is 0 Å². The molecular weight excluding hydrogens is 323 g/mol. The van der Waals surface area contributed by atoms with Crippen LogP contribution in [0.3, 0.4) is 0 Å². The number of hydrogen-bond acceptors (Lipinski definition) is 4. The first-order chi connectivity index (χ1) is 12.1. The van der Waals surface area contributed by atoms with E-state index in [0.717, 1.165) is 5.56 Å². The first-order valence-corrected chi connectivity index (χ1v) is 7.66. The highest BCUT2D eigenvalue weighted by atomic mass is 19.1. The van der Waals surface area contributed by atoms with Gasteiger partial charge in [-0.2, -0.15) is 5.10 Å². The molecule has 0 saturated heterocycles. The predicted octanol–water partition coefficient (Wildman–Crippen LogP) is 2.65. The molecule has 0 aliphatic heterocycles. The second kappa shape index (κ2) is 7.12. The van der Waals surface area contributed by atoms with Gasteiger partial charge in [0.1, 0.15) is 5.82 Å². The Bertz CT molecular complexity index is 873. The summed E-state index contributed by atoms with van der Waals surface area (Å²) in [5.41, 5.74) is 2.69. The number of nitrogens with zero attached hydrogens (tertiary/aromatic N) is 3. The van der Waals surface area contributed by atoms with Crippen LogP contribution in [0.5, 0.6) is 5.88 Å². The highest BCUT2D eigenvalue weighted by Crippen LogP contribution is 2.15. The average molecular weight is 340 g/mol. The number of benzene rings is 1. The summed E-state index contributed by atoms with van der Waals surface area (Å²) in [6.45, 7) is 2.14. The van der Waals surface area contributed by atoms with Crippen molar-refractivity contribution in [2.24, 2.45) is 0 Å². The number of rotatable bonds is 5. The van der Waals surface area contributed by atoms with Crippen LogP contribution < -0.4 is 10.1 Å². The summed E-state index contributed by atoms with van der Waals surface area (Å²) in [6, 6.07) is 9.50. The summed E-state index contributed by atoms with van der Waals surface area (Å²) in [5.74, 6) is -0.0344. The van der Waals surface area contributed by atoms with Gasteiger partial charge in [-0.15, -0.1) is 0 Å². The number of methoxy groups -OCH3 is 1. The van der Waals surface area contributed by atoms with Gasteiger partial charge in [0.2, 0.25) is 5.88 Å². The molecule has 1 N–H and O–H groups in total. The molecule has 0 aliphatic carbocycles. The van der Waals surface area contributed by atoms with Crippen molar-refractivity contribution in [3.05, 3.63) is 71.4 Å². The second-order valence-electron chi connectivity index (χ2n) is 5.42. The van der Waals surface area contributed by atoms with E-state index in [0.29, 0.717) is 29.4 Å². The molecule has 0 aliphatic rings. The van der Waals surface area contributed by atoms with E-state index in [2.05, 4.69) is 15.4 Å². The van der Waals surface area contributed by atoms with E-state index in [9.17, 15) is 9.18 Å². The fourth-order valence-electron chi connectivity index (χ4n) is 2.39. The van der Waals surface area contributed by atoms with E-state index in [-0.39, 0.29) is 11.7 Å². The Kier molecular flexibility index (Phi) is 4.74. The minimum absolute atomic E-state index is 0.235. The van der Waals surface area contributed by atoms with E-state index in [1.54, 1.807) is 43.1 Å². The minimum Gasteiger partial charge on any atom is -0.481 e. The van der Waals surface area contributed by atoms with Crippen LogP contribution in [-0.4, -0.2) is 27.8 Å². The lowest BCUT2D eigenvalue weighted by atomic mass is 10.2. The predicted molar refractivity (Wildman–Crippen MR) is 90.2 cm³/mol. The average Bonchev–Trinajstić information content (AvgIpc) is 3.02. The van der Waals surface area contributed by atoms with Gasteiger partial charge in [0.25, 0.3) is 5.91 Å². The van der Waals surface area contributed by atoms with Crippen molar-refractivity contribution >= 4 is 5.91 Å². The third kappa shape index (κ3) is 3.65. The largest absolute Gasteiger partial charge is 0.481 e. The summed E-state index contributed by atoms with van der Waals surface area (Å²) < 4.78 is 19.6. The third-order valence-corrected chi connectivity index (χ3v) is 3.79. The van der Waals surface area contributed by atoms with Crippen molar-refractivity contribution in [1.29, 1.82) is 0 Å². The normalized spacial score (nSPS) is 10.5. The van der Waals surface area contributed by atoms with Crippen molar-refractivity contribution < 1.29 is 13.9 Å². The van der Waals surface area contributed by atoms with Gasteiger partial charge in [-0.05, 0) is 36.8 Å². The lowest BCUT2D eigenvalue weighted by Gasteiger charge is -2.07. The van der Waals surface area contributed by atoms with E-state index in [4.69, 9.17) is 4.74 Å². The number of halogens is 1. The fraction of sp³-hybridized carbons (Fsp3) is 0.167. The Hall–Kier alpha value is -3.22. The summed E-state index contributed by atoms with van der Waals surface area (Å²) in [6.07, 6.45) is 3.15. The molecular formula is C18H17FN4O2. The van der Waals surface area contributed by atoms with Crippen LogP contribution in [0, 0.1) is 12.7 Å². The Morgan fingerprint density at radius 1 is 1.20 bits per heavy atom.